The first-order chi connectivity index (χ1) is 12.0. The van der Waals surface area contributed by atoms with Gasteiger partial charge in [0.15, 0.2) is 0 Å². The maximum absolute atomic E-state index is 12.5. The molecule has 0 aliphatic carbocycles. The summed E-state index contributed by atoms with van der Waals surface area (Å²) in [5.74, 6) is -0.0821. The van der Waals surface area contributed by atoms with Gasteiger partial charge >= 0.3 is 0 Å². The zero-order valence-corrected chi connectivity index (χ0v) is 15.1. The zero-order valence-electron chi connectivity index (χ0n) is 14.3. The van der Waals surface area contributed by atoms with Gasteiger partial charge in [-0.3, -0.25) is 4.79 Å². The molecule has 0 aliphatic heterocycles. The molecule has 7 heteroatoms. The third-order valence-corrected chi connectivity index (χ3v) is 4.78. The SMILES string of the molecule is Cc1ccc(C)c(NC(=O)C(C)Sc2nnnn2-c2ccccc2)c1. The number of aryl methyl sites for hydroxylation is 2. The summed E-state index contributed by atoms with van der Waals surface area (Å²) in [5, 5.41) is 15.0. The number of rotatable bonds is 5. The topological polar surface area (TPSA) is 72.7 Å². The van der Waals surface area contributed by atoms with Crippen LogP contribution in [0.25, 0.3) is 5.69 Å². The highest BCUT2D eigenvalue weighted by Crippen LogP contribution is 2.24. The number of nitrogens with one attached hydrogen (secondary N) is 1. The van der Waals surface area contributed by atoms with Crippen LogP contribution in [0.3, 0.4) is 0 Å². The van der Waals surface area contributed by atoms with Crippen molar-refractivity contribution in [2.75, 3.05) is 5.32 Å². The van der Waals surface area contributed by atoms with E-state index in [9.17, 15) is 4.79 Å². The molecular weight excluding hydrogens is 334 g/mol. The normalized spacial score (nSPS) is 12.0. The number of hydrogen-bond acceptors (Lipinski definition) is 5. The van der Waals surface area contributed by atoms with E-state index in [0.717, 1.165) is 22.5 Å². The van der Waals surface area contributed by atoms with Crippen LogP contribution in [0.2, 0.25) is 0 Å². The van der Waals surface area contributed by atoms with E-state index in [1.165, 1.54) is 11.8 Å². The molecule has 3 rings (SSSR count). The van der Waals surface area contributed by atoms with Gasteiger partial charge in [-0.15, -0.1) is 5.10 Å². The minimum Gasteiger partial charge on any atom is -0.325 e. The minimum absolute atomic E-state index is 0.0821. The van der Waals surface area contributed by atoms with Gasteiger partial charge in [0.1, 0.15) is 0 Å². The molecule has 1 atom stereocenters. The number of aromatic nitrogens is 4. The molecule has 1 N–H and O–H groups in total. The highest BCUT2D eigenvalue weighted by atomic mass is 32.2. The van der Waals surface area contributed by atoms with Crippen LogP contribution in [0.1, 0.15) is 18.1 Å². The minimum atomic E-state index is -0.339. The van der Waals surface area contributed by atoms with Crippen molar-refractivity contribution in [3.8, 4) is 5.69 Å². The maximum Gasteiger partial charge on any atom is 0.237 e. The summed E-state index contributed by atoms with van der Waals surface area (Å²) in [4.78, 5) is 12.5. The third kappa shape index (κ3) is 4.06. The quantitative estimate of drug-likeness (QED) is 0.712. The Morgan fingerprint density at radius 1 is 1.16 bits per heavy atom. The van der Waals surface area contributed by atoms with Gasteiger partial charge in [-0.05, 0) is 60.5 Å². The number of para-hydroxylation sites is 1. The lowest BCUT2D eigenvalue weighted by atomic mass is 10.1. The van der Waals surface area contributed by atoms with Crippen LogP contribution in [0.15, 0.2) is 53.7 Å². The van der Waals surface area contributed by atoms with E-state index in [0.29, 0.717) is 5.16 Å². The van der Waals surface area contributed by atoms with Crippen molar-refractivity contribution in [3.05, 3.63) is 59.7 Å². The van der Waals surface area contributed by atoms with Crippen LogP contribution in [0.5, 0.6) is 0 Å². The van der Waals surface area contributed by atoms with E-state index in [1.807, 2.05) is 69.3 Å². The Labute approximate surface area is 150 Å². The molecule has 3 aromatic rings. The van der Waals surface area contributed by atoms with Crippen molar-refractivity contribution >= 4 is 23.4 Å². The Kier molecular flexibility index (Phi) is 5.14. The molecule has 0 bridgehead atoms. The van der Waals surface area contributed by atoms with E-state index in [1.54, 1.807) is 4.68 Å². The molecule has 25 heavy (non-hydrogen) atoms. The molecule has 0 saturated carbocycles. The number of hydrogen-bond donors (Lipinski definition) is 1. The fourth-order valence-electron chi connectivity index (χ4n) is 2.30. The number of amides is 1. The Morgan fingerprint density at radius 3 is 2.68 bits per heavy atom. The number of tetrazole rings is 1. The van der Waals surface area contributed by atoms with Crippen LogP contribution in [-0.2, 0) is 4.79 Å². The molecule has 1 aromatic heterocycles. The van der Waals surface area contributed by atoms with Gasteiger partial charge in [-0.25, -0.2) is 0 Å². The molecule has 1 unspecified atom stereocenters. The third-order valence-electron chi connectivity index (χ3n) is 3.74. The fraction of sp³-hybridized carbons (Fsp3) is 0.222. The van der Waals surface area contributed by atoms with Gasteiger partial charge in [-0.2, -0.15) is 4.68 Å². The van der Waals surface area contributed by atoms with Crippen molar-refractivity contribution in [1.29, 1.82) is 0 Å². The largest absolute Gasteiger partial charge is 0.325 e. The molecule has 2 aromatic carbocycles. The van der Waals surface area contributed by atoms with Crippen LogP contribution < -0.4 is 5.32 Å². The summed E-state index contributed by atoms with van der Waals surface area (Å²) in [6.07, 6.45) is 0. The van der Waals surface area contributed by atoms with Crippen molar-refractivity contribution in [2.45, 2.75) is 31.2 Å². The van der Waals surface area contributed by atoms with Gasteiger partial charge in [-0.1, -0.05) is 42.1 Å². The number of anilines is 1. The molecule has 128 valence electrons. The summed E-state index contributed by atoms with van der Waals surface area (Å²) in [6, 6.07) is 15.6. The van der Waals surface area contributed by atoms with E-state index < -0.39 is 0 Å². The van der Waals surface area contributed by atoms with E-state index in [4.69, 9.17) is 0 Å². The highest BCUT2D eigenvalue weighted by molar-refractivity contribution is 8.00. The molecule has 1 heterocycles. The number of carbonyl (C=O) groups is 1. The van der Waals surface area contributed by atoms with Crippen molar-refractivity contribution < 1.29 is 4.79 Å². The highest BCUT2D eigenvalue weighted by Gasteiger charge is 2.19. The molecule has 0 spiro atoms. The summed E-state index contributed by atoms with van der Waals surface area (Å²) >= 11 is 1.32. The van der Waals surface area contributed by atoms with Gasteiger partial charge in [0.05, 0.1) is 10.9 Å². The average molecular weight is 353 g/mol. The summed E-state index contributed by atoms with van der Waals surface area (Å²) in [7, 11) is 0. The first kappa shape index (κ1) is 17.2. The van der Waals surface area contributed by atoms with Gasteiger partial charge in [0, 0.05) is 5.69 Å². The van der Waals surface area contributed by atoms with E-state index in [-0.39, 0.29) is 11.2 Å². The average Bonchev–Trinajstić information content (AvgIpc) is 3.07. The fourth-order valence-corrected chi connectivity index (χ4v) is 3.11. The van der Waals surface area contributed by atoms with Crippen LogP contribution in [-0.4, -0.2) is 31.4 Å². The molecule has 6 nitrogen and oxygen atoms in total. The van der Waals surface area contributed by atoms with Gasteiger partial charge in [0.25, 0.3) is 0 Å². The lowest BCUT2D eigenvalue weighted by Crippen LogP contribution is -2.23. The van der Waals surface area contributed by atoms with E-state index >= 15 is 0 Å². The Balaban J connectivity index is 1.73. The first-order valence-corrected chi connectivity index (χ1v) is 8.81. The molecule has 0 aliphatic rings. The molecular formula is C18H19N5OS. The predicted molar refractivity (Wildman–Crippen MR) is 99.0 cm³/mol. The smallest absolute Gasteiger partial charge is 0.237 e. The second-order valence-corrected chi connectivity index (χ2v) is 7.08. The molecule has 1 amide bonds. The van der Waals surface area contributed by atoms with Crippen molar-refractivity contribution in [1.82, 2.24) is 20.2 Å². The van der Waals surface area contributed by atoms with Crippen molar-refractivity contribution in [2.24, 2.45) is 0 Å². The number of benzene rings is 2. The number of thioether (sulfide) groups is 1. The van der Waals surface area contributed by atoms with E-state index in [2.05, 4.69) is 20.8 Å². The predicted octanol–water partition coefficient (Wildman–Crippen LogP) is 3.40. The Hall–Kier alpha value is -2.67. The summed E-state index contributed by atoms with van der Waals surface area (Å²) in [6.45, 7) is 5.82. The first-order valence-electron chi connectivity index (χ1n) is 7.93. The number of nitrogens with zero attached hydrogens (tertiary/aromatic N) is 4. The Morgan fingerprint density at radius 2 is 1.92 bits per heavy atom. The Bertz CT molecular complexity index is 878. The van der Waals surface area contributed by atoms with Gasteiger partial charge < -0.3 is 5.32 Å². The van der Waals surface area contributed by atoms with Crippen LogP contribution in [0, 0.1) is 13.8 Å². The lowest BCUT2D eigenvalue weighted by molar-refractivity contribution is -0.115. The summed E-state index contributed by atoms with van der Waals surface area (Å²) in [5.41, 5.74) is 3.83. The second kappa shape index (κ2) is 7.48. The molecule has 0 radical (unpaired) electrons. The molecule has 0 saturated heterocycles. The molecule has 0 fully saturated rings. The lowest BCUT2D eigenvalue weighted by Gasteiger charge is -2.13. The second-order valence-electron chi connectivity index (χ2n) is 5.78. The van der Waals surface area contributed by atoms with Gasteiger partial charge in [0.2, 0.25) is 11.1 Å². The maximum atomic E-state index is 12.5. The standard InChI is InChI=1S/C18H19N5OS/c1-12-9-10-13(2)16(11-12)19-17(24)14(3)25-18-20-21-22-23(18)15-7-5-4-6-8-15/h4-11,14H,1-3H3,(H,19,24). The summed E-state index contributed by atoms with van der Waals surface area (Å²) < 4.78 is 1.63. The van der Waals surface area contributed by atoms with Crippen LogP contribution >= 0.6 is 11.8 Å². The number of carbonyl (C=O) groups excluding carboxylic acids is 1. The monoisotopic (exact) mass is 353 g/mol. The van der Waals surface area contributed by atoms with Crippen molar-refractivity contribution in [3.63, 3.8) is 0 Å². The van der Waals surface area contributed by atoms with Crippen LogP contribution in [0.4, 0.5) is 5.69 Å². The zero-order chi connectivity index (χ0) is 17.8.